The van der Waals surface area contributed by atoms with Gasteiger partial charge in [-0.2, -0.15) is 5.26 Å². The van der Waals surface area contributed by atoms with Crippen molar-refractivity contribution in [3.05, 3.63) is 47.9 Å². The van der Waals surface area contributed by atoms with Gasteiger partial charge in [-0.25, -0.2) is 9.97 Å². The van der Waals surface area contributed by atoms with Crippen LogP contribution in [0.4, 0.5) is 0 Å². The number of rotatable bonds is 5. The quantitative estimate of drug-likeness (QED) is 0.760. The molecule has 0 saturated carbocycles. The van der Waals surface area contributed by atoms with Crippen molar-refractivity contribution < 1.29 is 0 Å². The van der Waals surface area contributed by atoms with Crippen LogP contribution in [0.25, 0.3) is 11.3 Å². The zero-order valence-electron chi connectivity index (χ0n) is 11.1. The van der Waals surface area contributed by atoms with Crippen molar-refractivity contribution in [2.45, 2.75) is 32.6 Å². The van der Waals surface area contributed by atoms with Gasteiger partial charge in [0.1, 0.15) is 6.33 Å². The van der Waals surface area contributed by atoms with Crippen molar-refractivity contribution >= 4 is 0 Å². The first-order valence-electron chi connectivity index (χ1n) is 6.65. The molecular weight excluding hydrogens is 234 g/mol. The molecule has 0 aliphatic rings. The second-order valence-electron chi connectivity index (χ2n) is 4.51. The lowest BCUT2D eigenvalue weighted by molar-refractivity contribution is 0.715. The minimum Gasteiger partial charge on any atom is -0.244 e. The first kappa shape index (κ1) is 13.2. The highest BCUT2D eigenvalue weighted by Crippen LogP contribution is 2.25. The van der Waals surface area contributed by atoms with Gasteiger partial charge in [0.15, 0.2) is 0 Å². The lowest BCUT2D eigenvalue weighted by Crippen LogP contribution is -1.97. The fourth-order valence-corrected chi connectivity index (χ4v) is 2.14. The third kappa shape index (κ3) is 3.17. The molecule has 3 nitrogen and oxygen atoms in total. The molecule has 0 N–H and O–H groups in total. The van der Waals surface area contributed by atoms with Crippen molar-refractivity contribution in [3.63, 3.8) is 0 Å². The third-order valence-electron chi connectivity index (χ3n) is 3.14. The zero-order valence-corrected chi connectivity index (χ0v) is 11.1. The minimum atomic E-state index is 0.665. The molecule has 2 aromatic rings. The average molecular weight is 251 g/mol. The number of nitrogens with zero attached hydrogens (tertiary/aromatic N) is 3. The number of hydrogen-bond donors (Lipinski definition) is 0. The molecule has 19 heavy (non-hydrogen) atoms. The molecule has 0 aliphatic heterocycles. The number of unbranched alkanes of at least 4 members (excludes halogenated alkanes) is 2. The van der Waals surface area contributed by atoms with Gasteiger partial charge < -0.3 is 0 Å². The standard InChI is InChI=1S/C16H17N3/c1-2-3-4-8-14-11-18-12-19-16(14)15-9-6-5-7-13(15)10-17/h5-7,9,11-12H,2-4,8H2,1H3. The Morgan fingerprint density at radius 2 is 2.05 bits per heavy atom. The first-order valence-corrected chi connectivity index (χ1v) is 6.65. The van der Waals surface area contributed by atoms with E-state index in [9.17, 15) is 5.26 Å². The highest BCUT2D eigenvalue weighted by atomic mass is 14.8. The first-order chi connectivity index (χ1) is 9.36. The normalized spacial score (nSPS) is 10.1. The molecule has 0 aliphatic carbocycles. The molecule has 0 spiro atoms. The Hall–Kier alpha value is -2.21. The molecule has 96 valence electrons. The Bertz CT molecular complexity index is 585. The summed E-state index contributed by atoms with van der Waals surface area (Å²) in [5.41, 5.74) is 3.58. The van der Waals surface area contributed by atoms with Crippen LogP contribution in [-0.2, 0) is 6.42 Å². The van der Waals surface area contributed by atoms with Crippen molar-refractivity contribution in [1.29, 1.82) is 5.26 Å². The maximum Gasteiger partial charge on any atom is 0.116 e. The minimum absolute atomic E-state index is 0.665. The zero-order chi connectivity index (χ0) is 13.5. The Morgan fingerprint density at radius 1 is 1.21 bits per heavy atom. The van der Waals surface area contributed by atoms with Crippen LogP contribution < -0.4 is 0 Å². The second-order valence-corrected chi connectivity index (χ2v) is 4.51. The van der Waals surface area contributed by atoms with Gasteiger partial charge in [-0.1, -0.05) is 38.0 Å². The molecule has 3 heteroatoms. The summed E-state index contributed by atoms with van der Waals surface area (Å²) < 4.78 is 0. The van der Waals surface area contributed by atoms with E-state index >= 15 is 0 Å². The Labute approximate surface area is 114 Å². The van der Waals surface area contributed by atoms with Gasteiger partial charge in [-0.05, 0) is 24.5 Å². The molecular formula is C16H17N3. The maximum absolute atomic E-state index is 9.19. The largest absolute Gasteiger partial charge is 0.244 e. The second kappa shape index (κ2) is 6.65. The molecule has 2 rings (SSSR count). The van der Waals surface area contributed by atoms with E-state index in [-0.39, 0.29) is 0 Å². The fourth-order valence-electron chi connectivity index (χ4n) is 2.14. The van der Waals surface area contributed by atoms with E-state index in [1.807, 2.05) is 30.5 Å². The Morgan fingerprint density at radius 3 is 2.84 bits per heavy atom. The smallest absolute Gasteiger partial charge is 0.116 e. The van der Waals surface area contributed by atoms with Gasteiger partial charge >= 0.3 is 0 Å². The van der Waals surface area contributed by atoms with Crippen LogP contribution >= 0.6 is 0 Å². The molecule has 0 unspecified atom stereocenters. The number of nitriles is 1. The van der Waals surface area contributed by atoms with Gasteiger partial charge in [0.25, 0.3) is 0 Å². The summed E-state index contributed by atoms with van der Waals surface area (Å²) >= 11 is 0. The molecule has 0 atom stereocenters. The third-order valence-corrected chi connectivity index (χ3v) is 3.14. The highest BCUT2D eigenvalue weighted by Gasteiger charge is 2.10. The molecule has 1 heterocycles. The Kier molecular flexibility index (Phi) is 4.63. The summed E-state index contributed by atoms with van der Waals surface area (Å²) in [5, 5.41) is 9.19. The lowest BCUT2D eigenvalue weighted by Gasteiger charge is -2.09. The van der Waals surface area contributed by atoms with Gasteiger partial charge in [0, 0.05) is 11.8 Å². The number of aromatic nitrogens is 2. The van der Waals surface area contributed by atoms with Crippen LogP contribution in [0.3, 0.4) is 0 Å². The van der Waals surface area contributed by atoms with E-state index < -0.39 is 0 Å². The molecule has 0 fully saturated rings. The summed E-state index contributed by atoms with van der Waals surface area (Å²) in [7, 11) is 0. The van der Waals surface area contributed by atoms with Crippen LogP contribution in [0, 0.1) is 11.3 Å². The van der Waals surface area contributed by atoms with Gasteiger partial charge in [0.2, 0.25) is 0 Å². The number of aryl methyl sites for hydroxylation is 1. The molecule has 0 radical (unpaired) electrons. The highest BCUT2D eigenvalue weighted by molar-refractivity contribution is 5.69. The van der Waals surface area contributed by atoms with Crippen LogP contribution in [-0.4, -0.2) is 9.97 Å². The summed E-state index contributed by atoms with van der Waals surface area (Å²) in [6.45, 7) is 2.19. The van der Waals surface area contributed by atoms with Crippen LogP contribution in [0.2, 0.25) is 0 Å². The SMILES string of the molecule is CCCCCc1cncnc1-c1ccccc1C#N. The van der Waals surface area contributed by atoms with E-state index in [2.05, 4.69) is 23.0 Å². The average Bonchev–Trinajstić information content (AvgIpc) is 2.48. The van der Waals surface area contributed by atoms with Crippen LogP contribution in [0.1, 0.15) is 37.3 Å². The fraction of sp³-hybridized carbons (Fsp3) is 0.312. The summed E-state index contributed by atoms with van der Waals surface area (Å²) in [6, 6.07) is 9.82. The monoisotopic (exact) mass is 251 g/mol. The van der Waals surface area contributed by atoms with Crippen molar-refractivity contribution in [1.82, 2.24) is 9.97 Å². The molecule has 0 amide bonds. The molecule has 1 aromatic heterocycles. The van der Waals surface area contributed by atoms with E-state index in [4.69, 9.17) is 0 Å². The van der Waals surface area contributed by atoms with Crippen molar-refractivity contribution in [2.75, 3.05) is 0 Å². The molecule has 1 aromatic carbocycles. The van der Waals surface area contributed by atoms with Crippen molar-refractivity contribution in [2.24, 2.45) is 0 Å². The maximum atomic E-state index is 9.19. The van der Waals surface area contributed by atoms with E-state index in [1.165, 1.54) is 12.8 Å². The summed E-state index contributed by atoms with van der Waals surface area (Å²) in [5.74, 6) is 0. The van der Waals surface area contributed by atoms with Gasteiger partial charge in [-0.3, -0.25) is 0 Å². The van der Waals surface area contributed by atoms with Gasteiger partial charge in [0.05, 0.1) is 17.3 Å². The van der Waals surface area contributed by atoms with Crippen molar-refractivity contribution in [3.8, 4) is 17.3 Å². The number of benzene rings is 1. The number of hydrogen-bond acceptors (Lipinski definition) is 3. The summed E-state index contributed by atoms with van der Waals surface area (Å²) in [6.07, 6.45) is 7.90. The predicted octanol–water partition coefficient (Wildman–Crippen LogP) is 3.75. The van der Waals surface area contributed by atoms with E-state index in [1.54, 1.807) is 6.33 Å². The van der Waals surface area contributed by atoms with Crippen LogP contribution in [0.15, 0.2) is 36.8 Å². The van der Waals surface area contributed by atoms with Crippen LogP contribution in [0.5, 0.6) is 0 Å². The molecule has 0 saturated heterocycles. The summed E-state index contributed by atoms with van der Waals surface area (Å²) in [4.78, 5) is 8.49. The van der Waals surface area contributed by atoms with E-state index in [0.717, 1.165) is 29.7 Å². The van der Waals surface area contributed by atoms with Gasteiger partial charge in [-0.15, -0.1) is 0 Å². The predicted molar refractivity (Wildman–Crippen MR) is 75.4 cm³/mol. The van der Waals surface area contributed by atoms with E-state index in [0.29, 0.717) is 5.56 Å². The molecule has 0 bridgehead atoms. The Balaban J connectivity index is 2.36. The topological polar surface area (TPSA) is 49.6 Å². The lowest BCUT2D eigenvalue weighted by atomic mass is 9.99.